The maximum atomic E-state index is 12.5. The van der Waals surface area contributed by atoms with Crippen molar-refractivity contribution < 1.29 is 13.2 Å². The van der Waals surface area contributed by atoms with Crippen LogP contribution in [0.5, 0.6) is 0 Å². The van der Waals surface area contributed by atoms with Gasteiger partial charge in [-0.25, -0.2) is 8.42 Å². The third-order valence-electron chi connectivity index (χ3n) is 2.87. The zero-order valence-electron chi connectivity index (χ0n) is 12.0. The lowest BCUT2D eigenvalue weighted by molar-refractivity contribution is 0.185. The van der Waals surface area contributed by atoms with Crippen molar-refractivity contribution in [3.05, 3.63) is 28.2 Å². The van der Waals surface area contributed by atoms with Gasteiger partial charge in [-0.15, -0.1) is 0 Å². The van der Waals surface area contributed by atoms with Crippen LogP contribution in [0.15, 0.2) is 27.6 Å². The van der Waals surface area contributed by atoms with E-state index in [0.29, 0.717) is 24.2 Å². The van der Waals surface area contributed by atoms with Crippen LogP contribution in [0.1, 0.15) is 12.5 Å². The van der Waals surface area contributed by atoms with Crippen molar-refractivity contribution in [2.24, 2.45) is 0 Å². The minimum Gasteiger partial charge on any atom is -0.383 e. The quantitative estimate of drug-likeness (QED) is 0.764. The Morgan fingerprint density at radius 2 is 2.10 bits per heavy atom. The molecule has 0 spiro atoms. The van der Waals surface area contributed by atoms with Crippen LogP contribution in [0.25, 0.3) is 0 Å². The largest absolute Gasteiger partial charge is 0.383 e. The summed E-state index contributed by atoms with van der Waals surface area (Å²) < 4.78 is 31.8. The lowest BCUT2D eigenvalue weighted by Gasteiger charge is -2.18. The average molecular weight is 365 g/mol. The summed E-state index contributed by atoms with van der Waals surface area (Å²) in [6.45, 7) is 4.18. The molecule has 0 amide bonds. The Hall–Kier alpha value is -0.470. The highest BCUT2D eigenvalue weighted by Gasteiger charge is 2.23. The Labute approximate surface area is 129 Å². The minimum absolute atomic E-state index is 0.284. The van der Waals surface area contributed by atoms with Crippen molar-refractivity contribution in [3.8, 4) is 0 Å². The van der Waals surface area contributed by atoms with E-state index in [1.54, 1.807) is 26.3 Å². The number of ether oxygens (including phenoxy) is 1. The predicted octanol–water partition coefficient (Wildman–Crippen LogP) is 1.83. The van der Waals surface area contributed by atoms with Gasteiger partial charge in [0.15, 0.2) is 0 Å². The molecule has 0 aromatic heterocycles. The van der Waals surface area contributed by atoms with Crippen molar-refractivity contribution in [1.82, 2.24) is 9.62 Å². The van der Waals surface area contributed by atoms with Gasteiger partial charge in [0, 0.05) is 31.7 Å². The zero-order valence-corrected chi connectivity index (χ0v) is 14.4. The van der Waals surface area contributed by atoms with Crippen LogP contribution < -0.4 is 5.32 Å². The molecule has 0 aliphatic carbocycles. The molecule has 1 rings (SSSR count). The van der Waals surface area contributed by atoms with E-state index in [-0.39, 0.29) is 4.90 Å². The van der Waals surface area contributed by atoms with Crippen LogP contribution in [0.4, 0.5) is 0 Å². The first-order chi connectivity index (χ1) is 9.43. The third-order valence-corrected chi connectivity index (χ3v) is 5.72. The van der Waals surface area contributed by atoms with Gasteiger partial charge in [0.2, 0.25) is 10.0 Å². The summed E-state index contributed by atoms with van der Waals surface area (Å²) in [6, 6.07) is 5.37. The summed E-state index contributed by atoms with van der Waals surface area (Å²) in [7, 11) is -0.408. The van der Waals surface area contributed by atoms with Crippen molar-refractivity contribution in [1.29, 1.82) is 0 Å². The lowest BCUT2D eigenvalue weighted by atomic mass is 10.2. The molecule has 0 saturated heterocycles. The molecule has 114 valence electrons. The number of methoxy groups -OCH3 is 1. The molecule has 0 unspecified atom stereocenters. The minimum atomic E-state index is -3.51. The number of likely N-dealkylation sites (N-methyl/N-ethyl adjacent to an activating group) is 1. The van der Waals surface area contributed by atoms with Crippen LogP contribution >= 0.6 is 15.9 Å². The molecule has 7 heteroatoms. The highest BCUT2D eigenvalue weighted by atomic mass is 79.9. The SMILES string of the molecule is CCNCc1ccc(Br)c(S(=O)(=O)N(C)CCOC)c1. The fraction of sp³-hybridized carbons (Fsp3) is 0.538. The Kier molecular flexibility index (Phi) is 7.11. The number of nitrogens with zero attached hydrogens (tertiary/aromatic N) is 1. The fourth-order valence-electron chi connectivity index (χ4n) is 1.63. The summed E-state index contributed by atoms with van der Waals surface area (Å²) in [5, 5.41) is 3.18. The molecule has 0 radical (unpaired) electrons. The van der Waals surface area contributed by atoms with Crippen LogP contribution in [-0.2, 0) is 21.3 Å². The van der Waals surface area contributed by atoms with Gasteiger partial charge in [0.25, 0.3) is 0 Å². The first-order valence-electron chi connectivity index (χ1n) is 6.38. The molecule has 0 saturated carbocycles. The zero-order chi connectivity index (χ0) is 15.2. The van der Waals surface area contributed by atoms with Crippen LogP contribution in [0.2, 0.25) is 0 Å². The number of rotatable bonds is 8. The second kappa shape index (κ2) is 8.09. The van der Waals surface area contributed by atoms with Crippen LogP contribution in [-0.4, -0.2) is 46.6 Å². The summed E-state index contributed by atoms with van der Waals surface area (Å²) in [5.74, 6) is 0. The van der Waals surface area contributed by atoms with Gasteiger partial charge in [0.05, 0.1) is 11.5 Å². The van der Waals surface area contributed by atoms with Gasteiger partial charge in [-0.2, -0.15) is 4.31 Å². The van der Waals surface area contributed by atoms with Gasteiger partial charge in [-0.3, -0.25) is 0 Å². The van der Waals surface area contributed by atoms with Crippen molar-refractivity contribution in [3.63, 3.8) is 0 Å². The monoisotopic (exact) mass is 364 g/mol. The molecule has 0 heterocycles. The molecule has 1 N–H and O–H groups in total. The summed E-state index contributed by atoms with van der Waals surface area (Å²) in [6.07, 6.45) is 0. The van der Waals surface area contributed by atoms with E-state index in [2.05, 4.69) is 21.2 Å². The molecule has 0 aliphatic rings. The summed E-state index contributed by atoms with van der Waals surface area (Å²) in [5.41, 5.74) is 0.939. The Morgan fingerprint density at radius 1 is 1.40 bits per heavy atom. The van der Waals surface area contributed by atoms with Crippen molar-refractivity contribution in [2.45, 2.75) is 18.4 Å². The summed E-state index contributed by atoms with van der Waals surface area (Å²) >= 11 is 3.31. The maximum Gasteiger partial charge on any atom is 0.244 e. The molecule has 20 heavy (non-hydrogen) atoms. The van der Waals surface area contributed by atoms with Crippen molar-refractivity contribution >= 4 is 26.0 Å². The number of hydrogen-bond donors (Lipinski definition) is 1. The highest BCUT2D eigenvalue weighted by molar-refractivity contribution is 9.10. The van der Waals surface area contributed by atoms with Gasteiger partial charge < -0.3 is 10.1 Å². The normalized spacial score (nSPS) is 12.1. The maximum absolute atomic E-state index is 12.5. The van der Waals surface area contributed by atoms with Gasteiger partial charge in [0.1, 0.15) is 0 Å². The van der Waals surface area contributed by atoms with E-state index < -0.39 is 10.0 Å². The molecular weight excluding hydrogens is 344 g/mol. The topological polar surface area (TPSA) is 58.6 Å². The average Bonchev–Trinajstić information content (AvgIpc) is 2.43. The molecule has 1 aromatic rings. The molecule has 1 aromatic carbocycles. The van der Waals surface area contributed by atoms with E-state index in [1.807, 2.05) is 13.0 Å². The number of sulfonamides is 1. The van der Waals surface area contributed by atoms with Crippen LogP contribution in [0.3, 0.4) is 0 Å². The third kappa shape index (κ3) is 4.53. The van der Waals surface area contributed by atoms with E-state index in [0.717, 1.165) is 12.1 Å². The molecule has 5 nitrogen and oxygen atoms in total. The molecule has 0 fully saturated rings. The summed E-state index contributed by atoms with van der Waals surface area (Å²) in [4.78, 5) is 0.284. The Balaban J connectivity index is 3.03. The number of benzene rings is 1. The van der Waals surface area contributed by atoms with E-state index >= 15 is 0 Å². The standard InChI is InChI=1S/C13H21BrN2O3S/c1-4-15-10-11-5-6-12(14)13(9-11)20(17,18)16(2)7-8-19-3/h5-6,9,15H,4,7-8,10H2,1-3H3. The fourth-order valence-corrected chi connectivity index (χ4v) is 3.76. The van der Waals surface area contributed by atoms with E-state index in [4.69, 9.17) is 4.74 Å². The first kappa shape index (κ1) is 17.6. The van der Waals surface area contributed by atoms with Gasteiger partial charge in [-0.05, 0) is 40.2 Å². The van der Waals surface area contributed by atoms with Crippen molar-refractivity contribution in [2.75, 3.05) is 33.9 Å². The number of nitrogens with one attached hydrogen (secondary N) is 1. The molecular formula is C13H21BrN2O3S. The van der Waals surface area contributed by atoms with Crippen LogP contribution in [0, 0.1) is 0 Å². The molecule has 0 atom stereocenters. The van der Waals surface area contributed by atoms with E-state index in [9.17, 15) is 8.42 Å². The van der Waals surface area contributed by atoms with Gasteiger partial charge >= 0.3 is 0 Å². The predicted molar refractivity (Wildman–Crippen MR) is 83.2 cm³/mol. The molecule has 0 aliphatic heterocycles. The molecule has 0 bridgehead atoms. The number of halogens is 1. The highest BCUT2D eigenvalue weighted by Crippen LogP contribution is 2.25. The second-order valence-electron chi connectivity index (χ2n) is 4.36. The van der Waals surface area contributed by atoms with Gasteiger partial charge in [-0.1, -0.05) is 13.0 Å². The first-order valence-corrected chi connectivity index (χ1v) is 8.61. The Morgan fingerprint density at radius 3 is 2.70 bits per heavy atom. The smallest absolute Gasteiger partial charge is 0.244 e. The van der Waals surface area contributed by atoms with E-state index in [1.165, 1.54) is 4.31 Å². The Bertz CT molecular complexity index is 534. The lowest BCUT2D eigenvalue weighted by Crippen LogP contribution is -2.30. The second-order valence-corrected chi connectivity index (χ2v) is 7.23. The number of hydrogen-bond acceptors (Lipinski definition) is 4.